The minimum atomic E-state index is -3.78. The van der Waals surface area contributed by atoms with Crippen LogP contribution >= 0.6 is 15.9 Å². The van der Waals surface area contributed by atoms with E-state index in [9.17, 15) is 13.2 Å². The van der Waals surface area contributed by atoms with Gasteiger partial charge in [-0.1, -0.05) is 22.9 Å². The molecule has 19 heavy (non-hydrogen) atoms. The quantitative estimate of drug-likeness (QED) is 0.768. The maximum atomic E-state index is 12.4. The predicted octanol–water partition coefficient (Wildman–Crippen LogP) is 0.788. The molecule has 0 aliphatic carbocycles. The molecule has 8 heteroatoms. The molecule has 3 N–H and O–H groups in total. The van der Waals surface area contributed by atoms with Crippen molar-refractivity contribution in [3.63, 3.8) is 0 Å². The van der Waals surface area contributed by atoms with Crippen LogP contribution in [0.3, 0.4) is 0 Å². The molecule has 0 saturated heterocycles. The third-order valence-corrected chi connectivity index (χ3v) is 5.03. The van der Waals surface area contributed by atoms with Gasteiger partial charge in [-0.15, -0.1) is 0 Å². The minimum absolute atomic E-state index is 0.00135. The molecular weight excluding hydrogens is 334 g/mol. The van der Waals surface area contributed by atoms with Crippen molar-refractivity contribution in [2.75, 3.05) is 25.9 Å². The number of nitrogens with one attached hydrogen (secondary N) is 1. The fourth-order valence-electron chi connectivity index (χ4n) is 1.50. The van der Waals surface area contributed by atoms with E-state index in [1.807, 2.05) is 0 Å². The SMILES string of the molecule is CCN(CC(=O)NC)S(=O)(=O)c1ccc(Br)cc1N. The fourth-order valence-corrected chi connectivity index (χ4v) is 3.38. The Bertz CT molecular complexity index is 575. The first kappa shape index (κ1) is 15.9. The molecule has 1 aromatic rings. The number of carbonyl (C=O) groups is 1. The summed E-state index contributed by atoms with van der Waals surface area (Å²) < 4.78 is 26.6. The number of nitrogens with two attached hydrogens (primary N) is 1. The van der Waals surface area contributed by atoms with Gasteiger partial charge >= 0.3 is 0 Å². The van der Waals surface area contributed by atoms with E-state index in [0.29, 0.717) is 4.47 Å². The van der Waals surface area contributed by atoms with Gasteiger partial charge in [-0.25, -0.2) is 8.42 Å². The van der Waals surface area contributed by atoms with E-state index < -0.39 is 10.0 Å². The molecule has 0 aliphatic heterocycles. The van der Waals surface area contributed by atoms with Gasteiger partial charge in [0.25, 0.3) is 0 Å². The second-order valence-corrected chi connectivity index (χ2v) is 6.61. The second-order valence-electron chi connectivity index (χ2n) is 3.79. The Labute approximate surface area is 121 Å². The van der Waals surface area contributed by atoms with Gasteiger partial charge in [0.15, 0.2) is 0 Å². The number of rotatable bonds is 5. The molecule has 0 spiro atoms. The summed E-state index contributed by atoms with van der Waals surface area (Å²) in [5.74, 6) is -0.374. The molecule has 1 aromatic carbocycles. The summed E-state index contributed by atoms with van der Waals surface area (Å²) >= 11 is 3.22. The van der Waals surface area contributed by atoms with Crippen LogP contribution in [0.2, 0.25) is 0 Å². The summed E-state index contributed by atoms with van der Waals surface area (Å²) in [7, 11) is -2.32. The summed E-state index contributed by atoms with van der Waals surface area (Å²) in [5.41, 5.74) is 5.87. The van der Waals surface area contributed by atoms with Crippen molar-refractivity contribution >= 4 is 37.5 Å². The molecule has 6 nitrogen and oxygen atoms in total. The van der Waals surface area contributed by atoms with Gasteiger partial charge in [-0.3, -0.25) is 4.79 Å². The lowest BCUT2D eigenvalue weighted by molar-refractivity contribution is -0.120. The second kappa shape index (κ2) is 6.36. The zero-order valence-electron chi connectivity index (χ0n) is 10.7. The topological polar surface area (TPSA) is 92.5 Å². The number of nitrogens with zero attached hydrogens (tertiary/aromatic N) is 1. The lowest BCUT2D eigenvalue weighted by atomic mass is 10.3. The molecule has 1 rings (SSSR count). The molecule has 0 unspecified atom stereocenters. The molecule has 0 aromatic heterocycles. The number of carbonyl (C=O) groups excluding carboxylic acids is 1. The first-order valence-electron chi connectivity index (χ1n) is 5.58. The lowest BCUT2D eigenvalue weighted by Crippen LogP contribution is -2.39. The third-order valence-electron chi connectivity index (χ3n) is 2.54. The molecule has 0 aliphatic rings. The number of halogens is 1. The average Bonchev–Trinajstić information content (AvgIpc) is 2.34. The highest BCUT2D eigenvalue weighted by Gasteiger charge is 2.26. The number of amides is 1. The number of hydrogen-bond donors (Lipinski definition) is 2. The Morgan fingerprint density at radius 3 is 2.58 bits per heavy atom. The smallest absolute Gasteiger partial charge is 0.245 e. The molecule has 0 heterocycles. The summed E-state index contributed by atoms with van der Waals surface area (Å²) in [6.45, 7) is 1.62. The van der Waals surface area contributed by atoms with Crippen molar-refractivity contribution in [1.82, 2.24) is 9.62 Å². The largest absolute Gasteiger partial charge is 0.398 e. The molecule has 1 amide bonds. The molecule has 0 atom stereocenters. The number of hydrogen-bond acceptors (Lipinski definition) is 4. The third kappa shape index (κ3) is 3.68. The Morgan fingerprint density at radius 1 is 1.47 bits per heavy atom. The minimum Gasteiger partial charge on any atom is -0.398 e. The Hall–Kier alpha value is -1.12. The first-order chi connectivity index (χ1) is 8.82. The van der Waals surface area contributed by atoms with Crippen LogP contribution in [0.1, 0.15) is 6.92 Å². The molecular formula is C11H16BrN3O3S. The zero-order chi connectivity index (χ0) is 14.6. The van der Waals surface area contributed by atoms with Crippen molar-refractivity contribution in [2.45, 2.75) is 11.8 Å². The van der Waals surface area contributed by atoms with E-state index in [2.05, 4.69) is 21.2 Å². The van der Waals surface area contributed by atoms with Crippen LogP contribution in [-0.2, 0) is 14.8 Å². The highest BCUT2D eigenvalue weighted by molar-refractivity contribution is 9.10. The average molecular weight is 350 g/mol. The summed E-state index contributed by atoms with van der Waals surface area (Å²) in [4.78, 5) is 11.3. The van der Waals surface area contributed by atoms with Crippen LogP contribution in [0.25, 0.3) is 0 Å². The van der Waals surface area contributed by atoms with Crippen LogP contribution in [0.4, 0.5) is 5.69 Å². The standard InChI is InChI=1S/C11H16BrN3O3S/c1-3-15(7-11(16)14-2)19(17,18)10-5-4-8(12)6-9(10)13/h4-6H,3,7,13H2,1-2H3,(H,14,16). The van der Waals surface area contributed by atoms with Gasteiger partial charge in [0.05, 0.1) is 12.2 Å². The van der Waals surface area contributed by atoms with Gasteiger partial charge in [-0.05, 0) is 18.2 Å². The van der Waals surface area contributed by atoms with Gasteiger partial charge in [0.2, 0.25) is 15.9 Å². The van der Waals surface area contributed by atoms with Crippen molar-refractivity contribution in [2.24, 2.45) is 0 Å². The van der Waals surface area contributed by atoms with Gasteiger partial charge in [-0.2, -0.15) is 4.31 Å². The van der Waals surface area contributed by atoms with Gasteiger partial charge in [0.1, 0.15) is 4.90 Å². The maximum absolute atomic E-state index is 12.4. The summed E-state index contributed by atoms with van der Waals surface area (Å²) in [5, 5.41) is 2.39. The number of likely N-dealkylation sites (N-methyl/N-ethyl adjacent to an activating group) is 2. The summed E-state index contributed by atoms with van der Waals surface area (Å²) in [6, 6.07) is 4.53. The lowest BCUT2D eigenvalue weighted by Gasteiger charge is -2.20. The first-order valence-corrected chi connectivity index (χ1v) is 7.82. The van der Waals surface area contributed by atoms with Crippen molar-refractivity contribution in [1.29, 1.82) is 0 Å². The highest BCUT2D eigenvalue weighted by Crippen LogP contribution is 2.25. The molecule has 0 fully saturated rings. The Morgan fingerprint density at radius 2 is 2.11 bits per heavy atom. The maximum Gasteiger partial charge on any atom is 0.245 e. The van der Waals surface area contributed by atoms with E-state index in [1.54, 1.807) is 13.0 Å². The Balaban J connectivity index is 3.17. The predicted molar refractivity (Wildman–Crippen MR) is 77.1 cm³/mol. The van der Waals surface area contributed by atoms with Crippen LogP contribution in [0, 0.1) is 0 Å². The number of anilines is 1. The normalized spacial score (nSPS) is 11.6. The molecule has 0 bridgehead atoms. The van der Waals surface area contributed by atoms with Crippen LogP contribution in [0.5, 0.6) is 0 Å². The molecule has 0 saturated carbocycles. The number of benzene rings is 1. The van der Waals surface area contributed by atoms with Crippen molar-refractivity contribution in [3.8, 4) is 0 Å². The van der Waals surface area contributed by atoms with Crippen LogP contribution in [-0.4, -0.2) is 38.8 Å². The number of sulfonamides is 1. The van der Waals surface area contributed by atoms with Crippen molar-refractivity contribution < 1.29 is 13.2 Å². The van der Waals surface area contributed by atoms with E-state index in [-0.39, 0.29) is 29.6 Å². The van der Waals surface area contributed by atoms with Crippen LogP contribution < -0.4 is 11.1 Å². The fraction of sp³-hybridized carbons (Fsp3) is 0.364. The molecule has 0 radical (unpaired) electrons. The van der Waals surface area contributed by atoms with Crippen LogP contribution in [0.15, 0.2) is 27.6 Å². The van der Waals surface area contributed by atoms with Gasteiger partial charge < -0.3 is 11.1 Å². The molecule has 106 valence electrons. The monoisotopic (exact) mass is 349 g/mol. The Kier molecular flexibility index (Phi) is 5.33. The zero-order valence-corrected chi connectivity index (χ0v) is 13.1. The van der Waals surface area contributed by atoms with Gasteiger partial charge in [0, 0.05) is 18.1 Å². The number of nitrogen functional groups attached to an aromatic ring is 1. The summed E-state index contributed by atoms with van der Waals surface area (Å²) in [6.07, 6.45) is 0. The van der Waals surface area contributed by atoms with E-state index in [4.69, 9.17) is 5.73 Å². The van der Waals surface area contributed by atoms with E-state index in [0.717, 1.165) is 4.31 Å². The highest BCUT2D eigenvalue weighted by atomic mass is 79.9. The van der Waals surface area contributed by atoms with E-state index in [1.165, 1.54) is 19.2 Å². The van der Waals surface area contributed by atoms with Crippen molar-refractivity contribution in [3.05, 3.63) is 22.7 Å². The van der Waals surface area contributed by atoms with E-state index >= 15 is 0 Å².